The lowest BCUT2D eigenvalue weighted by Crippen LogP contribution is -2.57. The molecule has 1 aromatic heterocycles. The molecule has 1 aliphatic rings. The van der Waals surface area contributed by atoms with Crippen LogP contribution in [-0.2, 0) is 20.7 Å². The Hall–Kier alpha value is -1.07. The molecule has 1 heterocycles. The van der Waals surface area contributed by atoms with Crippen molar-refractivity contribution in [3.63, 3.8) is 0 Å². The Bertz CT molecular complexity index is 550. The van der Waals surface area contributed by atoms with E-state index in [0.717, 1.165) is 24.8 Å². The average molecular weight is 358 g/mol. The van der Waals surface area contributed by atoms with Crippen LogP contribution >= 0.6 is 22.9 Å². The zero-order valence-electron chi connectivity index (χ0n) is 13.7. The number of amides is 1. The highest BCUT2D eigenvalue weighted by atomic mass is 35.5. The Kier molecular flexibility index (Phi) is 6.48. The van der Waals surface area contributed by atoms with Crippen molar-refractivity contribution < 1.29 is 14.3 Å². The number of nitrogens with one attached hydrogen (secondary N) is 1. The molecular weight excluding hydrogens is 334 g/mol. The number of thiophene rings is 1. The highest BCUT2D eigenvalue weighted by Gasteiger charge is 2.44. The summed E-state index contributed by atoms with van der Waals surface area (Å²) in [4.78, 5) is 24.9. The summed E-state index contributed by atoms with van der Waals surface area (Å²) in [5, 5.41) is 4.82. The monoisotopic (exact) mass is 357 g/mol. The molecular formula is C17H24ClNO3S. The number of hydrogen-bond donors (Lipinski definition) is 1. The summed E-state index contributed by atoms with van der Waals surface area (Å²) in [5.41, 5.74) is -0.0724. The quantitative estimate of drug-likeness (QED) is 0.784. The van der Waals surface area contributed by atoms with Crippen LogP contribution in [0.1, 0.15) is 51.5 Å². The second-order valence-corrected chi connectivity index (χ2v) is 7.62. The number of esters is 1. The second kappa shape index (κ2) is 8.15. The van der Waals surface area contributed by atoms with Gasteiger partial charge in [-0.05, 0) is 55.5 Å². The van der Waals surface area contributed by atoms with Crippen LogP contribution in [0.4, 0.5) is 0 Å². The molecule has 1 aromatic rings. The standard InChI is InChI=1S/C17H24ClNO3S/c1-3-12-5-8-17(9-6-12,16(21)22-4-2)19-14(20)11-13-7-10-23-15(13)18/h7,10,12H,3-6,8-9,11H2,1-2H3,(H,19,20). The molecule has 0 unspecified atom stereocenters. The number of halogens is 1. The molecule has 1 saturated carbocycles. The Labute approximate surface area is 146 Å². The normalized spacial score (nSPS) is 24.2. The van der Waals surface area contributed by atoms with Gasteiger partial charge in [-0.1, -0.05) is 24.9 Å². The molecule has 4 nitrogen and oxygen atoms in total. The van der Waals surface area contributed by atoms with E-state index in [1.54, 1.807) is 6.92 Å². The fourth-order valence-corrected chi connectivity index (χ4v) is 4.09. The van der Waals surface area contributed by atoms with Gasteiger partial charge in [-0.2, -0.15) is 0 Å². The van der Waals surface area contributed by atoms with Gasteiger partial charge in [0.1, 0.15) is 5.54 Å². The van der Waals surface area contributed by atoms with Crippen LogP contribution in [0.5, 0.6) is 0 Å². The van der Waals surface area contributed by atoms with Gasteiger partial charge in [-0.3, -0.25) is 4.79 Å². The van der Waals surface area contributed by atoms with Crippen molar-refractivity contribution in [1.29, 1.82) is 0 Å². The van der Waals surface area contributed by atoms with Gasteiger partial charge < -0.3 is 10.1 Å². The number of rotatable bonds is 6. The molecule has 0 radical (unpaired) electrons. The van der Waals surface area contributed by atoms with Crippen molar-refractivity contribution in [2.75, 3.05) is 6.61 Å². The summed E-state index contributed by atoms with van der Waals surface area (Å²) in [5.74, 6) is 0.147. The van der Waals surface area contributed by atoms with E-state index in [1.165, 1.54) is 11.3 Å². The highest BCUT2D eigenvalue weighted by Crippen LogP contribution is 2.35. The SMILES string of the molecule is CCOC(=O)C1(NC(=O)Cc2ccsc2Cl)CCC(CC)CC1. The third-order valence-electron chi connectivity index (χ3n) is 4.63. The van der Waals surface area contributed by atoms with Gasteiger partial charge >= 0.3 is 5.97 Å². The number of carbonyl (C=O) groups excluding carboxylic acids is 2. The fourth-order valence-electron chi connectivity index (χ4n) is 3.16. The summed E-state index contributed by atoms with van der Waals surface area (Å²) in [6.07, 6.45) is 4.47. The molecule has 2 rings (SSSR count). The van der Waals surface area contributed by atoms with E-state index < -0.39 is 5.54 Å². The molecule has 0 aromatic carbocycles. The largest absolute Gasteiger partial charge is 0.464 e. The lowest BCUT2D eigenvalue weighted by molar-refractivity contribution is -0.155. The molecule has 0 aliphatic heterocycles. The number of carbonyl (C=O) groups is 2. The lowest BCUT2D eigenvalue weighted by atomic mass is 9.75. The first-order valence-corrected chi connectivity index (χ1v) is 9.46. The van der Waals surface area contributed by atoms with Crippen LogP contribution in [-0.4, -0.2) is 24.0 Å². The molecule has 6 heteroatoms. The van der Waals surface area contributed by atoms with Crippen molar-refractivity contribution in [2.24, 2.45) is 5.92 Å². The van der Waals surface area contributed by atoms with E-state index in [4.69, 9.17) is 16.3 Å². The first kappa shape index (κ1) is 18.3. The van der Waals surface area contributed by atoms with Crippen molar-refractivity contribution in [3.8, 4) is 0 Å². The van der Waals surface area contributed by atoms with Crippen LogP contribution in [0.2, 0.25) is 4.34 Å². The Morgan fingerprint density at radius 2 is 2.09 bits per heavy atom. The van der Waals surface area contributed by atoms with E-state index in [-0.39, 0.29) is 18.3 Å². The van der Waals surface area contributed by atoms with Gasteiger partial charge in [0.2, 0.25) is 5.91 Å². The molecule has 23 heavy (non-hydrogen) atoms. The maximum atomic E-state index is 12.5. The molecule has 1 amide bonds. The van der Waals surface area contributed by atoms with Crippen LogP contribution in [0.15, 0.2) is 11.4 Å². The zero-order valence-corrected chi connectivity index (χ0v) is 15.3. The topological polar surface area (TPSA) is 55.4 Å². The number of ether oxygens (including phenoxy) is 1. The minimum absolute atomic E-state index is 0.173. The predicted octanol–water partition coefficient (Wildman–Crippen LogP) is 3.96. The first-order chi connectivity index (χ1) is 11.0. The maximum Gasteiger partial charge on any atom is 0.331 e. The number of hydrogen-bond acceptors (Lipinski definition) is 4. The molecule has 128 valence electrons. The smallest absolute Gasteiger partial charge is 0.331 e. The zero-order chi connectivity index (χ0) is 16.9. The summed E-state index contributed by atoms with van der Waals surface area (Å²) >= 11 is 7.46. The van der Waals surface area contributed by atoms with Gasteiger partial charge in [0, 0.05) is 0 Å². The third kappa shape index (κ3) is 4.48. The summed E-state index contributed by atoms with van der Waals surface area (Å²) in [6.45, 7) is 4.28. The van der Waals surface area contributed by atoms with E-state index in [2.05, 4.69) is 12.2 Å². The molecule has 0 saturated heterocycles. The Morgan fingerprint density at radius 3 is 2.61 bits per heavy atom. The van der Waals surface area contributed by atoms with Crippen molar-refractivity contribution >= 4 is 34.8 Å². The Morgan fingerprint density at radius 1 is 1.39 bits per heavy atom. The fraction of sp³-hybridized carbons (Fsp3) is 0.647. The summed E-state index contributed by atoms with van der Waals surface area (Å²) in [6, 6.07) is 1.84. The van der Waals surface area contributed by atoms with Crippen LogP contribution in [0.25, 0.3) is 0 Å². The van der Waals surface area contributed by atoms with Gasteiger partial charge in [-0.15, -0.1) is 11.3 Å². The molecule has 1 aliphatic carbocycles. The molecule has 0 atom stereocenters. The lowest BCUT2D eigenvalue weighted by Gasteiger charge is -2.38. The third-order valence-corrected chi connectivity index (χ3v) is 5.88. The minimum Gasteiger partial charge on any atom is -0.464 e. The van der Waals surface area contributed by atoms with Gasteiger partial charge in [0.25, 0.3) is 0 Å². The summed E-state index contributed by atoms with van der Waals surface area (Å²) < 4.78 is 5.86. The van der Waals surface area contributed by atoms with Crippen molar-refractivity contribution in [2.45, 2.75) is 57.9 Å². The van der Waals surface area contributed by atoms with Crippen molar-refractivity contribution in [1.82, 2.24) is 5.32 Å². The van der Waals surface area contributed by atoms with E-state index >= 15 is 0 Å². The first-order valence-electron chi connectivity index (χ1n) is 8.21. The predicted molar refractivity (Wildman–Crippen MR) is 92.8 cm³/mol. The van der Waals surface area contributed by atoms with E-state index in [1.807, 2.05) is 11.4 Å². The molecule has 0 spiro atoms. The van der Waals surface area contributed by atoms with E-state index in [0.29, 0.717) is 29.7 Å². The van der Waals surface area contributed by atoms with Gasteiger partial charge in [-0.25, -0.2) is 4.79 Å². The maximum absolute atomic E-state index is 12.5. The average Bonchev–Trinajstić information content (AvgIpc) is 2.93. The van der Waals surface area contributed by atoms with E-state index in [9.17, 15) is 9.59 Å². The molecule has 1 fully saturated rings. The van der Waals surface area contributed by atoms with Gasteiger partial charge in [0.15, 0.2) is 0 Å². The van der Waals surface area contributed by atoms with Crippen LogP contribution in [0, 0.1) is 5.92 Å². The second-order valence-electron chi connectivity index (χ2n) is 6.10. The Balaban J connectivity index is 2.07. The van der Waals surface area contributed by atoms with Crippen LogP contribution in [0.3, 0.4) is 0 Å². The van der Waals surface area contributed by atoms with Gasteiger partial charge in [0.05, 0.1) is 17.4 Å². The van der Waals surface area contributed by atoms with Crippen molar-refractivity contribution in [3.05, 3.63) is 21.3 Å². The highest BCUT2D eigenvalue weighted by molar-refractivity contribution is 7.14. The molecule has 1 N–H and O–H groups in total. The molecule has 0 bridgehead atoms. The summed E-state index contributed by atoms with van der Waals surface area (Å²) in [7, 11) is 0. The van der Waals surface area contributed by atoms with Crippen LogP contribution < -0.4 is 5.32 Å². The minimum atomic E-state index is -0.874.